The second-order valence-electron chi connectivity index (χ2n) is 7.42. The number of nitrogens with one attached hydrogen (secondary N) is 2. The highest BCUT2D eigenvalue weighted by atomic mass is 19.1. The van der Waals surface area contributed by atoms with Gasteiger partial charge in [0.05, 0.1) is 11.0 Å². The molecule has 4 rings (SSSR count). The molecule has 2 aromatic rings. The van der Waals surface area contributed by atoms with Crippen molar-refractivity contribution in [2.45, 2.75) is 26.9 Å². The van der Waals surface area contributed by atoms with E-state index in [-0.39, 0.29) is 5.69 Å². The lowest BCUT2D eigenvalue weighted by molar-refractivity contribution is -0.137. The topological polar surface area (TPSA) is 130 Å². The summed E-state index contributed by atoms with van der Waals surface area (Å²) in [4.78, 5) is 43.8. The summed E-state index contributed by atoms with van der Waals surface area (Å²) >= 11 is 0. The molecule has 2 aliphatic rings. The van der Waals surface area contributed by atoms with Crippen molar-refractivity contribution in [3.05, 3.63) is 80.0 Å². The van der Waals surface area contributed by atoms with Gasteiger partial charge in [-0.3, -0.25) is 9.78 Å². The minimum Gasteiger partial charge on any atom is -0.479 e. The minimum atomic E-state index is -1.41. The van der Waals surface area contributed by atoms with Gasteiger partial charge < -0.3 is 15.0 Å². The average molecular weight is 453 g/mol. The summed E-state index contributed by atoms with van der Waals surface area (Å²) in [6.07, 6.45) is 0. The molecule has 0 saturated carbocycles. The van der Waals surface area contributed by atoms with Crippen LogP contribution in [0.1, 0.15) is 16.7 Å². The van der Waals surface area contributed by atoms with Crippen LogP contribution < -0.4 is 16.6 Å². The molecule has 9 nitrogen and oxygen atoms in total. The van der Waals surface area contributed by atoms with Crippen LogP contribution in [0, 0.1) is 13.8 Å². The van der Waals surface area contributed by atoms with Crippen molar-refractivity contribution in [3.8, 4) is 11.5 Å². The number of carboxylic acids is 1. The SMILES string of the molecule is Cc1cc2nc3c(=O)[nH]c(=O)nc-3n(CCNCc3ccccc3)c2cc1C.O=C(O)CF. The Kier molecular flexibility index (Phi) is 7.62. The number of aromatic amines is 1. The first-order valence-electron chi connectivity index (χ1n) is 10.2. The first kappa shape index (κ1) is 23.7. The monoisotopic (exact) mass is 453 g/mol. The summed E-state index contributed by atoms with van der Waals surface area (Å²) in [6, 6.07) is 14.1. The Bertz CT molecular complexity index is 1350. The molecule has 3 N–H and O–H groups in total. The molecule has 33 heavy (non-hydrogen) atoms. The molecule has 0 aliphatic carbocycles. The summed E-state index contributed by atoms with van der Waals surface area (Å²) in [5.41, 5.74) is 3.98. The predicted octanol–water partition coefficient (Wildman–Crippen LogP) is 2.03. The Morgan fingerprint density at radius 1 is 1.12 bits per heavy atom. The smallest absolute Gasteiger partial charge is 0.349 e. The van der Waals surface area contributed by atoms with Gasteiger partial charge in [0, 0.05) is 19.6 Å². The standard InChI is InChI=1S/C21H21N5O2.C2H3FO2/c1-13-10-16-17(11-14(13)2)26(9-8-22-12-15-6-4-3-5-7-15)19-18(23-16)20(27)25-21(28)24-19;3-1-2(4)5/h3-7,10-11,22H,8-9,12H2,1-2H3,(H,25,27,28);1H2,(H,4,5). The number of aliphatic carboxylic acids is 1. The van der Waals surface area contributed by atoms with Crippen molar-refractivity contribution in [2.75, 3.05) is 13.2 Å². The highest BCUT2D eigenvalue weighted by Gasteiger charge is 2.18. The molecule has 0 bridgehead atoms. The van der Waals surface area contributed by atoms with E-state index >= 15 is 0 Å². The van der Waals surface area contributed by atoms with Crippen LogP contribution >= 0.6 is 0 Å². The Balaban J connectivity index is 0.000000555. The summed E-state index contributed by atoms with van der Waals surface area (Å²) in [7, 11) is 0. The number of hydrogen-bond acceptors (Lipinski definition) is 6. The number of halogens is 1. The molecular weight excluding hydrogens is 429 g/mol. The molecule has 0 amide bonds. The summed E-state index contributed by atoms with van der Waals surface area (Å²) < 4.78 is 12.4. The molecule has 0 fully saturated rings. The van der Waals surface area contributed by atoms with Crippen LogP contribution in [0.5, 0.6) is 0 Å². The van der Waals surface area contributed by atoms with Gasteiger partial charge in [-0.25, -0.2) is 19.0 Å². The Morgan fingerprint density at radius 3 is 2.45 bits per heavy atom. The van der Waals surface area contributed by atoms with Crippen LogP contribution in [-0.4, -0.2) is 43.8 Å². The molecule has 0 spiro atoms. The Labute approximate surface area is 188 Å². The molecule has 0 atom stereocenters. The molecule has 172 valence electrons. The van der Waals surface area contributed by atoms with Gasteiger partial charge in [-0.15, -0.1) is 0 Å². The molecule has 2 aromatic carbocycles. The molecule has 0 radical (unpaired) electrons. The zero-order valence-corrected chi connectivity index (χ0v) is 18.3. The lowest BCUT2D eigenvalue weighted by atomic mass is 10.1. The van der Waals surface area contributed by atoms with Crippen LogP contribution in [0.15, 0.2) is 52.1 Å². The quantitative estimate of drug-likeness (QED) is 0.301. The number of benzene rings is 2. The second-order valence-corrected chi connectivity index (χ2v) is 7.42. The fourth-order valence-electron chi connectivity index (χ4n) is 3.30. The normalized spacial score (nSPS) is 10.8. The zero-order valence-electron chi connectivity index (χ0n) is 18.3. The molecular formula is C23H24FN5O4. The number of carboxylic acid groups (broad SMARTS) is 1. The van der Waals surface area contributed by atoms with Crippen molar-refractivity contribution in [3.63, 3.8) is 0 Å². The third kappa shape index (κ3) is 5.86. The van der Waals surface area contributed by atoms with E-state index in [1.807, 2.05) is 48.7 Å². The highest BCUT2D eigenvalue weighted by molar-refractivity contribution is 5.81. The van der Waals surface area contributed by atoms with E-state index in [1.165, 1.54) is 5.56 Å². The highest BCUT2D eigenvalue weighted by Crippen LogP contribution is 2.23. The zero-order chi connectivity index (χ0) is 24.0. The number of carbonyl (C=O) groups is 1. The number of H-pyrrole nitrogens is 1. The number of aromatic nitrogens is 4. The molecule has 0 aromatic heterocycles. The van der Waals surface area contributed by atoms with E-state index in [1.54, 1.807) is 0 Å². The number of rotatable bonds is 6. The summed E-state index contributed by atoms with van der Waals surface area (Å²) in [6.45, 7) is 4.71. The van der Waals surface area contributed by atoms with Gasteiger partial charge in [0.1, 0.15) is 0 Å². The lowest BCUT2D eigenvalue weighted by Crippen LogP contribution is -2.30. The molecule has 2 aliphatic heterocycles. The van der Waals surface area contributed by atoms with Crippen LogP contribution in [0.25, 0.3) is 22.6 Å². The number of nitrogens with zero attached hydrogens (tertiary/aromatic N) is 3. The van der Waals surface area contributed by atoms with Crippen molar-refractivity contribution >= 4 is 17.0 Å². The maximum absolute atomic E-state index is 12.3. The fraction of sp³-hybridized carbons (Fsp3) is 0.261. The van der Waals surface area contributed by atoms with E-state index in [4.69, 9.17) is 9.90 Å². The maximum atomic E-state index is 12.3. The minimum absolute atomic E-state index is 0.179. The summed E-state index contributed by atoms with van der Waals surface area (Å²) in [5.74, 6) is -1.10. The first-order chi connectivity index (χ1) is 15.8. The van der Waals surface area contributed by atoms with Crippen molar-refractivity contribution < 1.29 is 14.3 Å². The third-order valence-electron chi connectivity index (χ3n) is 5.02. The van der Waals surface area contributed by atoms with Gasteiger partial charge in [0.2, 0.25) is 0 Å². The molecule has 10 heteroatoms. The van der Waals surface area contributed by atoms with E-state index in [0.29, 0.717) is 24.4 Å². The molecule has 0 unspecified atom stereocenters. The third-order valence-corrected chi connectivity index (χ3v) is 5.02. The van der Waals surface area contributed by atoms with Gasteiger partial charge in [0.25, 0.3) is 5.56 Å². The number of fused-ring (bicyclic) bond motifs is 2. The predicted molar refractivity (Wildman–Crippen MR) is 122 cm³/mol. The van der Waals surface area contributed by atoms with E-state index < -0.39 is 23.9 Å². The van der Waals surface area contributed by atoms with Gasteiger partial charge in [-0.1, -0.05) is 30.3 Å². The van der Waals surface area contributed by atoms with Crippen molar-refractivity contribution in [2.24, 2.45) is 0 Å². The van der Waals surface area contributed by atoms with Gasteiger partial charge in [-0.05, 0) is 42.7 Å². The van der Waals surface area contributed by atoms with Crippen LogP contribution in [0.2, 0.25) is 0 Å². The van der Waals surface area contributed by atoms with Crippen LogP contribution in [0.3, 0.4) is 0 Å². The summed E-state index contributed by atoms with van der Waals surface area (Å²) in [5, 5.41) is 10.7. The van der Waals surface area contributed by atoms with E-state index in [9.17, 15) is 14.0 Å². The first-order valence-corrected chi connectivity index (χ1v) is 10.2. The molecule has 2 heterocycles. The number of hydrogen-bond donors (Lipinski definition) is 3. The van der Waals surface area contributed by atoms with E-state index in [2.05, 4.69) is 32.4 Å². The Hall–Kier alpha value is -3.92. The van der Waals surface area contributed by atoms with Crippen LogP contribution in [0.4, 0.5) is 4.39 Å². The Morgan fingerprint density at radius 2 is 1.79 bits per heavy atom. The number of aryl methyl sites for hydroxylation is 2. The van der Waals surface area contributed by atoms with Crippen LogP contribution in [-0.2, 0) is 17.9 Å². The average Bonchev–Trinajstić information content (AvgIpc) is 2.79. The van der Waals surface area contributed by atoms with Crippen molar-refractivity contribution in [1.29, 1.82) is 0 Å². The largest absolute Gasteiger partial charge is 0.479 e. The second kappa shape index (κ2) is 10.6. The maximum Gasteiger partial charge on any atom is 0.349 e. The van der Waals surface area contributed by atoms with E-state index in [0.717, 1.165) is 23.2 Å². The fourth-order valence-corrected chi connectivity index (χ4v) is 3.30. The van der Waals surface area contributed by atoms with Gasteiger partial charge in [0.15, 0.2) is 18.2 Å². The lowest BCUT2D eigenvalue weighted by Gasteiger charge is -2.18. The van der Waals surface area contributed by atoms with Gasteiger partial charge in [-0.2, -0.15) is 4.98 Å². The van der Waals surface area contributed by atoms with Crippen molar-refractivity contribution in [1.82, 2.24) is 24.8 Å². The van der Waals surface area contributed by atoms with Gasteiger partial charge >= 0.3 is 11.7 Å². The number of alkyl halides is 1. The molecule has 0 saturated heterocycles.